The predicted molar refractivity (Wildman–Crippen MR) is 62.6 cm³/mol. The van der Waals surface area contributed by atoms with Gasteiger partial charge >= 0.3 is 5.97 Å². The molecule has 1 heterocycles. The number of ether oxygens (including phenoxy) is 1. The summed E-state index contributed by atoms with van der Waals surface area (Å²) in [5.41, 5.74) is 0. The normalized spacial score (nSPS) is 20.6. The number of morpholine rings is 1. The summed E-state index contributed by atoms with van der Waals surface area (Å²) in [7, 11) is 0. The smallest absolute Gasteiger partial charge is 0.306 e. The second-order valence-electron chi connectivity index (χ2n) is 4.86. The average Bonchev–Trinajstić information content (AvgIpc) is 2.25. The van der Waals surface area contributed by atoms with Crippen molar-refractivity contribution in [3.05, 3.63) is 0 Å². The van der Waals surface area contributed by atoms with Crippen molar-refractivity contribution in [2.75, 3.05) is 19.7 Å². The number of hydrogen-bond donors (Lipinski definition) is 1. The van der Waals surface area contributed by atoms with Crippen LogP contribution in [0.5, 0.6) is 0 Å². The Labute approximate surface area is 102 Å². The van der Waals surface area contributed by atoms with E-state index in [0.717, 1.165) is 6.42 Å². The first-order valence-electron chi connectivity index (χ1n) is 6.10. The first kappa shape index (κ1) is 14.0. The summed E-state index contributed by atoms with van der Waals surface area (Å²) < 4.78 is 5.32. The second kappa shape index (κ2) is 6.59. The molecule has 0 aromatic rings. The molecule has 5 heteroatoms. The van der Waals surface area contributed by atoms with Crippen molar-refractivity contribution in [3.8, 4) is 0 Å². The molecule has 0 saturated carbocycles. The minimum atomic E-state index is -0.883. The van der Waals surface area contributed by atoms with Gasteiger partial charge in [0.15, 0.2) is 0 Å². The Morgan fingerprint density at radius 2 is 2.18 bits per heavy atom. The fraction of sp³-hybridized carbons (Fsp3) is 0.833. The highest BCUT2D eigenvalue weighted by Crippen LogP contribution is 2.12. The van der Waals surface area contributed by atoms with Gasteiger partial charge in [-0.3, -0.25) is 9.59 Å². The van der Waals surface area contributed by atoms with Gasteiger partial charge < -0.3 is 14.7 Å². The van der Waals surface area contributed by atoms with Gasteiger partial charge in [0, 0.05) is 19.5 Å². The first-order chi connectivity index (χ1) is 7.99. The third-order valence-corrected chi connectivity index (χ3v) is 2.83. The fourth-order valence-corrected chi connectivity index (χ4v) is 1.83. The molecule has 98 valence electrons. The Morgan fingerprint density at radius 3 is 2.76 bits per heavy atom. The van der Waals surface area contributed by atoms with Crippen molar-refractivity contribution in [2.24, 2.45) is 5.92 Å². The molecule has 5 nitrogen and oxygen atoms in total. The number of aliphatic carboxylic acids is 1. The van der Waals surface area contributed by atoms with Crippen molar-refractivity contribution in [3.63, 3.8) is 0 Å². The third kappa shape index (κ3) is 5.17. The Morgan fingerprint density at radius 1 is 1.47 bits per heavy atom. The van der Waals surface area contributed by atoms with Crippen molar-refractivity contribution in [2.45, 2.75) is 39.2 Å². The Balaban J connectivity index is 2.37. The Bertz CT molecular complexity index is 278. The van der Waals surface area contributed by atoms with Crippen LogP contribution in [0.4, 0.5) is 0 Å². The van der Waals surface area contributed by atoms with Gasteiger partial charge in [0.2, 0.25) is 5.91 Å². The van der Waals surface area contributed by atoms with E-state index in [9.17, 15) is 9.59 Å². The maximum absolute atomic E-state index is 11.9. The molecule has 1 saturated heterocycles. The van der Waals surface area contributed by atoms with E-state index in [-0.39, 0.29) is 18.4 Å². The quantitative estimate of drug-likeness (QED) is 0.786. The van der Waals surface area contributed by atoms with E-state index >= 15 is 0 Å². The highest BCUT2D eigenvalue weighted by atomic mass is 16.5. The average molecular weight is 243 g/mol. The van der Waals surface area contributed by atoms with Crippen LogP contribution < -0.4 is 0 Å². The van der Waals surface area contributed by atoms with E-state index in [1.807, 2.05) is 0 Å². The molecule has 17 heavy (non-hydrogen) atoms. The second-order valence-corrected chi connectivity index (χ2v) is 4.86. The summed E-state index contributed by atoms with van der Waals surface area (Å²) in [6.07, 6.45) is 1.02. The molecular weight excluding hydrogens is 222 g/mol. The molecule has 0 aliphatic carbocycles. The van der Waals surface area contributed by atoms with Crippen molar-refractivity contribution < 1.29 is 19.4 Å². The third-order valence-electron chi connectivity index (χ3n) is 2.83. The van der Waals surface area contributed by atoms with Gasteiger partial charge in [0.1, 0.15) is 0 Å². The molecule has 1 atom stereocenters. The van der Waals surface area contributed by atoms with Crippen LogP contribution in [0, 0.1) is 5.92 Å². The van der Waals surface area contributed by atoms with E-state index < -0.39 is 5.97 Å². The maximum atomic E-state index is 11.9. The molecule has 1 fully saturated rings. The SMILES string of the molecule is CC(C)CCC(=O)N1CCOC(CC(=O)O)C1. The summed E-state index contributed by atoms with van der Waals surface area (Å²) in [6.45, 7) is 5.58. The molecule has 0 aromatic carbocycles. The number of amides is 1. The summed E-state index contributed by atoms with van der Waals surface area (Å²) in [6, 6.07) is 0. The number of carbonyl (C=O) groups is 2. The molecule has 0 radical (unpaired) electrons. The topological polar surface area (TPSA) is 66.8 Å². The monoisotopic (exact) mass is 243 g/mol. The number of carbonyl (C=O) groups excluding carboxylic acids is 1. The summed E-state index contributed by atoms with van der Waals surface area (Å²) in [5.74, 6) is -0.265. The highest BCUT2D eigenvalue weighted by Gasteiger charge is 2.25. The molecule has 1 rings (SSSR count). The van der Waals surface area contributed by atoms with Crippen LogP contribution in [0.2, 0.25) is 0 Å². The molecule has 1 aliphatic heterocycles. The van der Waals surface area contributed by atoms with Crippen LogP contribution in [-0.2, 0) is 14.3 Å². The minimum absolute atomic E-state index is 0.0338. The molecular formula is C12H21NO4. The summed E-state index contributed by atoms with van der Waals surface area (Å²) in [4.78, 5) is 24.2. The van der Waals surface area contributed by atoms with Gasteiger partial charge in [0.05, 0.1) is 19.1 Å². The van der Waals surface area contributed by atoms with Gasteiger partial charge in [-0.2, -0.15) is 0 Å². The zero-order valence-electron chi connectivity index (χ0n) is 10.5. The molecule has 1 N–H and O–H groups in total. The van der Waals surface area contributed by atoms with Crippen molar-refractivity contribution in [1.82, 2.24) is 4.90 Å². The lowest BCUT2D eigenvalue weighted by Crippen LogP contribution is -2.46. The molecule has 1 aliphatic rings. The minimum Gasteiger partial charge on any atom is -0.481 e. The van der Waals surface area contributed by atoms with Crippen LogP contribution in [0.3, 0.4) is 0 Å². The number of carboxylic acids is 1. The Kier molecular flexibility index (Phi) is 5.41. The van der Waals surface area contributed by atoms with E-state index in [2.05, 4.69) is 13.8 Å². The van der Waals surface area contributed by atoms with Crippen LogP contribution in [0.25, 0.3) is 0 Å². The molecule has 0 bridgehead atoms. The fourth-order valence-electron chi connectivity index (χ4n) is 1.83. The zero-order chi connectivity index (χ0) is 12.8. The Hall–Kier alpha value is -1.10. The number of rotatable bonds is 5. The van der Waals surface area contributed by atoms with E-state index in [1.165, 1.54) is 0 Å². The van der Waals surface area contributed by atoms with Crippen LogP contribution in [0.1, 0.15) is 33.1 Å². The standard InChI is InChI=1S/C12H21NO4/c1-9(2)3-4-11(14)13-5-6-17-10(8-13)7-12(15)16/h9-10H,3-8H2,1-2H3,(H,15,16). The number of hydrogen-bond acceptors (Lipinski definition) is 3. The van der Waals surface area contributed by atoms with Crippen LogP contribution in [0.15, 0.2) is 0 Å². The van der Waals surface area contributed by atoms with E-state index in [0.29, 0.717) is 32.0 Å². The van der Waals surface area contributed by atoms with Gasteiger partial charge in [-0.1, -0.05) is 13.8 Å². The number of carboxylic acid groups (broad SMARTS) is 1. The lowest BCUT2D eigenvalue weighted by Gasteiger charge is -2.32. The largest absolute Gasteiger partial charge is 0.481 e. The number of nitrogens with zero attached hydrogens (tertiary/aromatic N) is 1. The van der Waals surface area contributed by atoms with Gasteiger partial charge in [-0.25, -0.2) is 0 Å². The van der Waals surface area contributed by atoms with Gasteiger partial charge in [-0.05, 0) is 12.3 Å². The van der Waals surface area contributed by atoms with E-state index in [4.69, 9.17) is 9.84 Å². The maximum Gasteiger partial charge on any atom is 0.306 e. The van der Waals surface area contributed by atoms with E-state index in [1.54, 1.807) is 4.90 Å². The van der Waals surface area contributed by atoms with Crippen molar-refractivity contribution >= 4 is 11.9 Å². The molecule has 1 amide bonds. The summed E-state index contributed by atoms with van der Waals surface area (Å²) >= 11 is 0. The molecule has 0 spiro atoms. The van der Waals surface area contributed by atoms with Crippen LogP contribution >= 0.6 is 0 Å². The lowest BCUT2D eigenvalue weighted by atomic mass is 10.1. The summed E-state index contributed by atoms with van der Waals surface area (Å²) in [5, 5.41) is 8.68. The molecule has 0 aromatic heterocycles. The van der Waals surface area contributed by atoms with Crippen molar-refractivity contribution in [1.29, 1.82) is 0 Å². The van der Waals surface area contributed by atoms with Gasteiger partial charge in [0.25, 0.3) is 0 Å². The predicted octanol–water partition coefficient (Wildman–Crippen LogP) is 1.12. The van der Waals surface area contributed by atoms with Crippen LogP contribution in [-0.4, -0.2) is 47.7 Å². The van der Waals surface area contributed by atoms with Gasteiger partial charge in [-0.15, -0.1) is 0 Å². The lowest BCUT2D eigenvalue weighted by molar-refractivity contribution is -0.147. The highest BCUT2D eigenvalue weighted by molar-refractivity contribution is 5.76. The zero-order valence-corrected chi connectivity index (χ0v) is 10.5. The molecule has 1 unspecified atom stereocenters. The first-order valence-corrected chi connectivity index (χ1v) is 6.10.